The number of aromatic amines is 2. The van der Waals surface area contributed by atoms with Crippen LogP contribution in [0.1, 0.15) is 46.9 Å². The molecule has 5 rings (SSSR count). The van der Waals surface area contributed by atoms with E-state index >= 15 is 0 Å². The lowest BCUT2D eigenvalue weighted by molar-refractivity contribution is 0.0365. The van der Waals surface area contributed by atoms with Crippen LogP contribution in [-0.4, -0.2) is 15.8 Å². The van der Waals surface area contributed by atoms with Crippen molar-refractivity contribution in [1.29, 1.82) is 0 Å². The first-order valence-corrected chi connectivity index (χ1v) is 9.50. The highest BCUT2D eigenvalue weighted by Gasteiger charge is 2.33. The minimum atomic E-state index is -0.300. The van der Waals surface area contributed by atoms with Crippen LogP contribution in [-0.2, 0) is 4.84 Å². The maximum Gasteiger partial charge on any atom is 0.323 e. The van der Waals surface area contributed by atoms with Gasteiger partial charge >= 0.3 is 5.69 Å². The van der Waals surface area contributed by atoms with E-state index in [1.54, 1.807) is 0 Å². The molecule has 1 unspecified atom stereocenters. The van der Waals surface area contributed by atoms with Crippen molar-refractivity contribution < 1.29 is 7.69 Å². The Labute approximate surface area is 160 Å². The topological polar surface area (TPSA) is 82.3 Å². The molecule has 0 radical (unpaired) electrons. The van der Waals surface area contributed by atoms with Crippen LogP contribution >= 0.6 is 0 Å². The summed E-state index contributed by atoms with van der Waals surface area (Å²) >= 11 is 0. The van der Waals surface area contributed by atoms with Crippen molar-refractivity contribution in [3.63, 3.8) is 0 Å². The summed E-state index contributed by atoms with van der Waals surface area (Å²) in [6, 6.07) is 12.1. The number of fused-ring (bicyclic) bond motifs is 1. The first kappa shape index (κ1) is 17.5. The van der Waals surface area contributed by atoms with E-state index in [-0.39, 0.29) is 14.8 Å². The quantitative estimate of drug-likeness (QED) is 0.627. The number of rotatable bonds is 3. The van der Waals surface area contributed by atoms with Gasteiger partial charge in [-0.2, -0.15) is 0 Å². The summed E-state index contributed by atoms with van der Waals surface area (Å²) < 4.78 is 0. The van der Waals surface area contributed by atoms with Gasteiger partial charge in [-0.1, -0.05) is 38.1 Å². The highest BCUT2D eigenvalue weighted by molar-refractivity contribution is 5.87. The van der Waals surface area contributed by atoms with Crippen molar-refractivity contribution in [2.24, 2.45) is 10.9 Å². The number of hydrogen-bond acceptors (Lipinski definition) is 4. The Hall–Kier alpha value is -2.86. The Morgan fingerprint density at radius 3 is 2.67 bits per heavy atom. The smallest absolute Gasteiger partial charge is 0.306 e. The zero-order chi connectivity index (χ0) is 19.0. The summed E-state index contributed by atoms with van der Waals surface area (Å²) in [5, 5.41) is 0. The number of H-pyrrole nitrogens is 2. The molecule has 0 bridgehead atoms. The van der Waals surface area contributed by atoms with Crippen LogP contribution in [0.25, 0.3) is 22.2 Å². The summed E-state index contributed by atoms with van der Waals surface area (Å²) in [5.74, 6) is 1.52. The van der Waals surface area contributed by atoms with Crippen LogP contribution in [0.5, 0.6) is 0 Å². The van der Waals surface area contributed by atoms with Crippen LogP contribution < -0.4 is 11.2 Å². The number of hydroxylamine groups is 1. The molecule has 1 atom stereocenters. The average molecular weight is 368 g/mol. The Bertz CT molecular complexity index is 1070. The molecule has 0 saturated heterocycles. The number of amidine groups is 1. The highest BCUT2D eigenvalue weighted by Crippen LogP contribution is 2.36. The van der Waals surface area contributed by atoms with Gasteiger partial charge in [0.2, 0.25) is 6.23 Å². The molecule has 3 N–H and O–H groups in total. The van der Waals surface area contributed by atoms with Crippen molar-refractivity contribution >= 4 is 16.9 Å². The lowest BCUT2D eigenvalue weighted by Gasteiger charge is -2.14. The zero-order valence-corrected chi connectivity index (χ0v) is 15.8. The van der Waals surface area contributed by atoms with Gasteiger partial charge in [-0.25, -0.2) is 14.6 Å². The van der Waals surface area contributed by atoms with Gasteiger partial charge in [0, 0.05) is 14.3 Å². The second kappa shape index (κ2) is 7.04. The maximum absolute atomic E-state index is 11.5. The van der Waals surface area contributed by atoms with E-state index < -0.39 is 0 Å². The molecule has 6 heteroatoms. The van der Waals surface area contributed by atoms with Gasteiger partial charge < -0.3 is 9.97 Å². The summed E-state index contributed by atoms with van der Waals surface area (Å²) in [6.07, 6.45) is 2.08. The van der Waals surface area contributed by atoms with Crippen LogP contribution in [0, 0.1) is 12.8 Å². The summed E-state index contributed by atoms with van der Waals surface area (Å²) in [4.78, 5) is 27.5. The molecule has 3 aromatic rings. The molecule has 0 amide bonds. The second-order valence-corrected chi connectivity index (χ2v) is 6.72. The van der Waals surface area contributed by atoms with E-state index in [9.17, 15) is 4.79 Å². The first-order chi connectivity index (χ1) is 13.2. The summed E-state index contributed by atoms with van der Waals surface area (Å²) in [5.41, 5.74) is 8.77. The zero-order valence-electron chi connectivity index (χ0n) is 15.8. The van der Waals surface area contributed by atoms with Crippen LogP contribution in [0.4, 0.5) is 0 Å². The van der Waals surface area contributed by atoms with Gasteiger partial charge in [-0.15, -0.1) is 0 Å². The van der Waals surface area contributed by atoms with Crippen molar-refractivity contribution in [2.75, 3.05) is 0 Å². The molecule has 2 aromatic carbocycles. The van der Waals surface area contributed by atoms with Crippen molar-refractivity contribution in [3.8, 4) is 11.1 Å². The van der Waals surface area contributed by atoms with Crippen LogP contribution in [0.15, 0.2) is 46.2 Å². The molecular weight excluding hydrogens is 340 g/mol. The lowest BCUT2D eigenvalue weighted by atomic mass is 9.95. The Morgan fingerprint density at radius 2 is 1.89 bits per heavy atom. The molecule has 2 aliphatic rings. The van der Waals surface area contributed by atoms with Gasteiger partial charge in [0.05, 0.1) is 11.0 Å². The third-order valence-electron chi connectivity index (χ3n) is 4.96. The largest absolute Gasteiger partial charge is 0.323 e. The third-order valence-corrected chi connectivity index (χ3v) is 4.96. The van der Waals surface area contributed by atoms with E-state index in [1.165, 1.54) is 12.8 Å². The molecular formula is C21H28N4O2. The second-order valence-electron chi connectivity index (χ2n) is 6.72. The molecule has 1 saturated carbocycles. The third kappa shape index (κ3) is 3.28. The molecule has 0 spiro atoms. The molecule has 6 nitrogen and oxygen atoms in total. The van der Waals surface area contributed by atoms with Crippen molar-refractivity contribution in [1.82, 2.24) is 15.4 Å². The number of benzene rings is 2. The minimum absolute atomic E-state index is 0. The Balaban J connectivity index is 0.000000729. The number of nitrogens with zero attached hydrogens (tertiary/aromatic N) is 1. The first-order valence-electron chi connectivity index (χ1n) is 9.50. The molecule has 1 aliphatic heterocycles. The molecule has 1 fully saturated rings. The van der Waals surface area contributed by atoms with E-state index in [2.05, 4.69) is 34.5 Å². The number of nitrogens with one attached hydrogen (secondary N) is 3. The number of aliphatic imine (C=N–C) groups is 1. The highest BCUT2D eigenvalue weighted by atomic mass is 16.7. The number of aromatic nitrogens is 2. The molecule has 2 heterocycles. The Kier molecular flexibility index (Phi) is 4.58. The van der Waals surface area contributed by atoms with Gasteiger partial charge in [-0.3, -0.25) is 5.48 Å². The summed E-state index contributed by atoms with van der Waals surface area (Å²) in [6.45, 7) is 6.09. The predicted octanol–water partition coefficient (Wildman–Crippen LogP) is 4.69. The SMILES string of the molecule is CC.Cc1c(-c2ccc3[nH]c(=O)[nH]c3c2)cccc1C1N=C(C2CC2)NO1.[HH].[HH]. The van der Waals surface area contributed by atoms with Crippen LogP contribution in [0.3, 0.4) is 0 Å². The fraction of sp³-hybridized carbons (Fsp3) is 0.333. The molecule has 1 aliphatic carbocycles. The van der Waals surface area contributed by atoms with E-state index in [0.29, 0.717) is 5.92 Å². The normalized spacial score (nSPS) is 18.6. The van der Waals surface area contributed by atoms with Crippen LogP contribution in [0.2, 0.25) is 0 Å². The number of imidazole rings is 1. The summed E-state index contributed by atoms with van der Waals surface area (Å²) in [7, 11) is 0. The van der Waals surface area contributed by atoms with Crippen molar-refractivity contribution in [2.45, 2.75) is 39.8 Å². The predicted molar refractivity (Wildman–Crippen MR) is 112 cm³/mol. The minimum Gasteiger partial charge on any atom is -0.306 e. The molecule has 144 valence electrons. The van der Waals surface area contributed by atoms with Crippen molar-refractivity contribution in [3.05, 3.63) is 58.0 Å². The van der Waals surface area contributed by atoms with Gasteiger partial charge in [0.15, 0.2) is 0 Å². The molecule has 1 aromatic heterocycles. The van der Waals surface area contributed by atoms with Gasteiger partial charge in [0.1, 0.15) is 5.84 Å². The van der Waals surface area contributed by atoms with E-state index in [0.717, 1.165) is 39.1 Å². The average Bonchev–Trinajstić information content (AvgIpc) is 3.29. The Morgan fingerprint density at radius 1 is 1.11 bits per heavy atom. The van der Waals surface area contributed by atoms with Gasteiger partial charge in [0.25, 0.3) is 0 Å². The van der Waals surface area contributed by atoms with Gasteiger partial charge in [-0.05, 0) is 48.6 Å². The van der Waals surface area contributed by atoms with E-state index in [1.807, 2.05) is 38.1 Å². The maximum atomic E-state index is 11.5. The fourth-order valence-corrected chi connectivity index (χ4v) is 3.41. The number of hydrogen-bond donors (Lipinski definition) is 3. The van der Waals surface area contributed by atoms with E-state index in [4.69, 9.17) is 9.83 Å². The monoisotopic (exact) mass is 368 g/mol. The standard InChI is InChI=1S/C19H18N4O2.C2H6.2H2/c1-10-13(12-7-8-15-16(9-12)21-19(24)20-15)3-2-4-14(10)18-22-17(23-25-18)11-5-6-11;1-2;;/h2-4,7-9,11,18H,5-6H2,1H3,(H,22,23)(H2,20,21,24);1-2H3;2*1H. The molecule has 27 heavy (non-hydrogen) atoms. The fourth-order valence-electron chi connectivity index (χ4n) is 3.41. The lowest BCUT2D eigenvalue weighted by Crippen LogP contribution is -2.18.